The van der Waals surface area contributed by atoms with E-state index in [1.165, 1.54) is 11.6 Å². The van der Waals surface area contributed by atoms with E-state index in [9.17, 15) is 9.59 Å². The van der Waals surface area contributed by atoms with Crippen molar-refractivity contribution in [2.45, 2.75) is 26.2 Å². The van der Waals surface area contributed by atoms with E-state index in [4.69, 9.17) is 9.52 Å². The normalized spacial score (nSPS) is 10.4. The van der Waals surface area contributed by atoms with E-state index >= 15 is 0 Å². The number of nitrogens with one attached hydrogen (secondary N) is 1. The zero-order valence-electron chi connectivity index (χ0n) is 12.5. The summed E-state index contributed by atoms with van der Waals surface area (Å²) in [5.74, 6) is -1.09. The van der Waals surface area contributed by atoms with Gasteiger partial charge in [-0.2, -0.15) is 0 Å². The lowest BCUT2D eigenvalue weighted by Gasteiger charge is -2.03. The van der Waals surface area contributed by atoms with Crippen LogP contribution in [0.1, 0.15) is 45.6 Å². The lowest BCUT2D eigenvalue weighted by atomic mass is 10.1. The molecule has 1 heterocycles. The van der Waals surface area contributed by atoms with Gasteiger partial charge in [0.2, 0.25) is 0 Å². The molecule has 0 saturated heterocycles. The van der Waals surface area contributed by atoms with Gasteiger partial charge in [0.25, 0.3) is 5.91 Å². The summed E-state index contributed by atoms with van der Waals surface area (Å²) in [5.41, 5.74) is 1.27. The molecule has 0 aliphatic carbocycles. The summed E-state index contributed by atoms with van der Waals surface area (Å²) >= 11 is 0. The maximum Gasteiger partial charge on any atom is 0.339 e. The number of carboxylic acid groups (broad SMARTS) is 1. The monoisotopic (exact) mass is 301 g/mol. The van der Waals surface area contributed by atoms with Gasteiger partial charge in [0, 0.05) is 19.0 Å². The van der Waals surface area contributed by atoms with E-state index in [0.717, 1.165) is 12.8 Å². The van der Waals surface area contributed by atoms with Crippen LogP contribution in [0.25, 0.3) is 0 Å². The van der Waals surface area contributed by atoms with E-state index in [1.54, 1.807) is 6.92 Å². The number of carbonyl (C=O) groups excluding carboxylic acids is 1. The topological polar surface area (TPSA) is 79.5 Å². The van der Waals surface area contributed by atoms with Gasteiger partial charge in [-0.25, -0.2) is 4.79 Å². The average molecular weight is 301 g/mol. The molecule has 2 rings (SSSR count). The standard InChI is InChI=1S/C17H19NO4/c1-2-14-13(17(20)21)11-15(22-14)16(19)18-10-6-9-12-7-4-3-5-8-12/h3-5,7-8,11H,2,6,9-10H2,1H3,(H,18,19)(H,20,21). The predicted octanol–water partition coefficient (Wildman–Crippen LogP) is 2.90. The molecular formula is C17H19NO4. The number of carboxylic acids is 1. The summed E-state index contributed by atoms with van der Waals surface area (Å²) < 4.78 is 5.31. The number of furan rings is 1. The van der Waals surface area contributed by atoms with E-state index in [1.807, 2.05) is 30.3 Å². The minimum atomic E-state index is -1.08. The summed E-state index contributed by atoms with van der Waals surface area (Å²) in [6, 6.07) is 11.3. The first-order valence-electron chi connectivity index (χ1n) is 7.30. The lowest BCUT2D eigenvalue weighted by Crippen LogP contribution is -2.24. The molecule has 0 unspecified atom stereocenters. The van der Waals surface area contributed by atoms with Crippen molar-refractivity contribution in [3.63, 3.8) is 0 Å². The maximum atomic E-state index is 12.0. The van der Waals surface area contributed by atoms with Crippen LogP contribution < -0.4 is 5.32 Å². The molecule has 5 nitrogen and oxygen atoms in total. The van der Waals surface area contributed by atoms with Crippen LogP contribution in [-0.2, 0) is 12.8 Å². The second-order valence-corrected chi connectivity index (χ2v) is 4.95. The molecule has 1 aromatic heterocycles. The quantitative estimate of drug-likeness (QED) is 0.771. The van der Waals surface area contributed by atoms with Crippen molar-refractivity contribution in [1.82, 2.24) is 5.32 Å². The lowest BCUT2D eigenvalue weighted by molar-refractivity contribution is 0.0694. The molecule has 0 aliphatic heterocycles. The van der Waals surface area contributed by atoms with Crippen molar-refractivity contribution < 1.29 is 19.1 Å². The van der Waals surface area contributed by atoms with Crippen LogP contribution >= 0.6 is 0 Å². The van der Waals surface area contributed by atoms with E-state index in [-0.39, 0.29) is 17.2 Å². The molecule has 116 valence electrons. The maximum absolute atomic E-state index is 12.0. The minimum Gasteiger partial charge on any atom is -0.478 e. The largest absolute Gasteiger partial charge is 0.478 e. The smallest absolute Gasteiger partial charge is 0.339 e. The van der Waals surface area contributed by atoms with E-state index in [0.29, 0.717) is 18.7 Å². The van der Waals surface area contributed by atoms with Gasteiger partial charge in [-0.15, -0.1) is 0 Å². The Kier molecular flexibility index (Phi) is 5.36. The molecule has 0 atom stereocenters. The Morgan fingerprint density at radius 2 is 1.95 bits per heavy atom. The van der Waals surface area contributed by atoms with Gasteiger partial charge in [0.05, 0.1) is 0 Å². The highest BCUT2D eigenvalue weighted by Crippen LogP contribution is 2.16. The van der Waals surface area contributed by atoms with Crippen LogP contribution in [0.2, 0.25) is 0 Å². The van der Waals surface area contributed by atoms with Crippen LogP contribution in [0.15, 0.2) is 40.8 Å². The number of benzene rings is 1. The zero-order chi connectivity index (χ0) is 15.9. The number of rotatable bonds is 7. The van der Waals surface area contributed by atoms with Gasteiger partial charge in [-0.05, 0) is 18.4 Å². The fourth-order valence-electron chi connectivity index (χ4n) is 2.21. The highest BCUT2D eigenvalue weighted by Gasteiger charge is 2.19. The van der Waals surface area contributed by atoms with Gasteiger partial charge in [-0.1, -0.05) is 37.3 Å². The molecule has 0 aliphatic rings. The number of carbonyl (C=O) groups is 2. The van der Waals surface area contributed by atoms with Crippen molar-refractivity contribution >= 4 is 11.9 Å². The van der Waals surface area contributed by atoms with E-state index in [2.05, 4.69) is 5.32 Å². The Morgan fingerprint density at radius 1 is 1.23 bits per heavy atom. The summed E-state index contributed by atoms with van der Waals surface area (Å²) in [5, 5.41) is 11.8. The van der Waals surface area contributed by atoms with E-state index < -0.39 is 5.97 Å². The highest BCUT2D eigenvalue weighted by molar-refractivity contribution is 5.96. The van der Waals surface area contributed by atoms with Crippen molar-refractivity contribution in [1.29, 1.82) is 0 Å². The second kappa shape index (κ2) is 7.45. The fraction of sp³-hybridized carbons (Fsp3) is 0.294. The SMILES string of the molecule is CCc1oc(C(=O)NCCCc2ccccc2)cc1C(=O)O. The van der Waals surface area contributed by atoms with Crippen molar-refractivity contribution in [3.05, 3.63) is 59.0 Å². The fourth-order valence-corrected chi connectivity index (χ4v) is 2.21. The molecule has 2 N–H and O–H groups in total. The van der Waals surface area contributed by atoms with Crippen LogP contribution in [-0.4, -0.2) is 23.5 Å². The molecular weight excluding hydrogens is 282 g/mol. The molecule has 0 spiro atoms. The molecule has 1 amide bonds. The predicted molar refractivity (Wildman–Crippen MR) is 82.1 cm³/mol. The van der Waals surface area contributed by atoms with Crippen molar-refractivity contribution in [2.24, 2.45) is 0 Å². The first-order valence-corrected chi connectivity index (χ1v) is 7.30. The second-order valence-electron chi connectivity index (χ2n) is 4.95. The molecule has 0 radical (unpaired) electrons. The number of hydrogen-bond donors (Lipinski definition) is 2. The summed E-state index contributed by atoms with van der Waals surface area (Å²) in [6.07, 6.45) is 2.12. The van der Waals surface area contributed by atoms with Crippen LogP contribution in [0.3, 0.4) is 0 Å². The number of aryl methyl sites for hydroxylation is 2. The molecule has 0 fully saturated rings. The summed E-state index contributed by atoms with van der Waals surface area (Å²) in [7, 11) is 0. The molecule has 22 heavy (non-hydrogen) atoms. The van der Waals surface area contributed by atoms with Gasteiger partial charge in [0.15, 0.2) is 5.76 Å². The van der Waals surface area contributed by atoms with Gasteiger partial charge < -0.3 is 14.8 Å². The molecule has 1 aromatic carbocycles. The van der Waals surface area contributed by atoms with Gasteiger partial charge in [0.1, 0.15) is 11.3 Å². The molecule has 2 aromatic rings. The minimum absolute atomic E-state index is 0.0500. The number of hydrogen-bond acceptors (Lipinski definition) is 3. The zero-order valence-corrected chi connectivity index (χ0v) is 12.5. The Hall–Kier alpha value is -2.56. The summed E-state index contributed by atoms with van der Waals surface area (Å²) in [4.78, 5) is 23.0. The molecule has 0 bridgehead atoms. The Morgan fingerprint density at radius 3 is 2.55 bits per heavy atom. The third-order valence-corrected chi connectivity index (χ3v) is 3.35. The first kappa shape index (κ1) is 15.8. The van der Waals surface area contributed by atoms with Crippen molar-refractivity contribution in [2.75, 3.05) is 6.54 Å². The summed E-state index contributed by atoms with van der Waals surface area (Å²) in [6.45, 7) is 2.30. The first-order chi connectivity index (χ1) is 10.6. The average Bonchev–Trinajstić information content (AvgIpc) is 2.97. The van der Waals surface area contributed by atoms with Crippen molar-refractivity contribution in [3.8, 4) is 0 Å². The Balaban J connectivity index is 1.86. The van der Waals surface area contributed by atoms with Gasteiger partial charge in [-0.3, -0.25) is 4.79 Å². The Labute approximate surface area is 129 Å². The number of amides is 1. The van der Waals surface area contributed by atoms with Crippen LogP contribution in [0.4, 0.5) is 0 Å². The van der Waals surface area contributed by atoms with Gasteiger partial charge >= 0.3 is 5.97 Å². The molecule has 5 heteroatoms. The number of aromatic carboxylic acids is 1. The third kappa shape index (κ3) is 3.97. The molecule has 0 saturated carbocycles. The highest BCUT2D eigenvalue weighted by atomic mass is 16.4. The Bertz CT molecular complexity index is 646. The van der Waals surface area contributed by atoms with Crippen LogP contribution in [0, 0.1) is 0 Å². The third-order valence-electron chi connectivity index (χ3n) is 3.35. The van der Waals surface area contributed by atoms with Crippen LogP contribution in [0.5, 0.6) is 0 Å².